The van der Waals surface area contributed by atoms with Gasteiger partial charge in [0.25, 0.3) is 0 Å². The lowest BCUT2D eigenvalue weighted by Gasteiger charge is -2.03. The number of hydrogen-bond acceptors (Lipinski definition) is 2. The normalized spacial score (nSPS) is 17.9. The third-order valence-electron chi connectivity index (χ3n) is 0.675. The molecule has 0 aliphatic heterocycles. The predicted molar refractivity (Wildman–Crippen MR) is 31.4 cm³/mol. The summed E-state index contributed by atoms with van der Waals surface area (Å²) in [6, 6.07) is 0. The maximum absolute atomic E-state index is 10.5. The molecule has 1 radical (unpaired) electrons. The zero-order valence-corrected chi connectivity index (χ0v) is 5.89. The van der Waals surface area contributed by atoms with Crippen LogP contribution in [-0.2, 0) is 9.09 Å². The summed E-state index contributed by atoms with van der Waals surface area (Å²) in [5.74, 6) is 0. The smallest absolute Gasteiger partial charge is 0.324 e. The third kappa shape index (κ3) is 3.19. The second kappa shape index (κ2) is 3.23. The van der Waals surface area contributed by atoms with E-state index in [1.54, 1.807) is 6.92 Å². The zero-order chi connectivity index (χ0) is 6.62. The van der Waals surface area contributed by atoms with Crippen LogP contribution >= 0.6 is 7.60 Å². The molecule has 0 aliphatic rings. The van der Waals surface area contributed by atoms with E-state index >= 15 is 0 Å². The molecule has 0 saturated carbocycles. The molecule has 49 valence electrons. The molecule has 1 atom stereocenters. The minimum Gasteiger partial charge on any atom is -0.324 e. The molecule has 0 aliphatic carbocycles. The van der Waals surface area contributed by atoms with Crippen LogP contribution in [0.15, 0.2) is 0 Å². The largest absolute Gasteiger partial charge is 0.331 e. The minimum atomic E-state index is -3.30. The highest BCUT2D eigenvalue weighted by molar-refractivity contribution is 7.55. The minimum absolute atomic E-state index is 0.557. The summed E-state index contributed by atoms with van der Waals surface area (Å²) in [6.45, 7) is 1.78. The Kier molecular flexibility index (Phi) is 3.29. The van der Waals surface area contributed by atoms with Gasteiger partial charge in [-0.1, -0.05) is 6.92 Å². The topological polar surface area (TPSA) is 46.5 Å². The van der Waals surface area contributed by atoms with Gasteiger partial charge in [0.2, 0.25) is 0 Å². The summed E-state index contributed by atoms with van der Waals surface area (Å²) in [7, 11) is -2.08. The molecule has 4 heteroatoms. The van der Waals surface area contributed by atoms with Gasteiger partial charge in [0.1, 0.15) is 0 Å². The SMILES string of the molecule is CC[CH]P(=O)(O)OC. The molecule has 0 fully saturated rings. The van der Waals surface area contributed by atoms with E-state index in [2.05, 4.69) is 4.52 Å². The zero-order valence-electron chi connectivity index (χ0n) is 5.00. The van der Waals surface area contributed by atoms with Gasteiger partial charge in [0.15, 0.2) is 0 Å². The van der Waals surface area contributed by atoms with Crippen molar-refractivity contribution in [2.75, 3.05) is 7.11 Å². The van der Waals surface area contributed by atoms with Crippen molar-refractivity contribution in [1.82, 2.24) is 0 Å². The van der Waals surface area contributed by atoms with Gasteiger partial charge < -0.3 is 9.42 Å². The van der Waals surface area contributed by atoms with Gasteiger partial charge >= 0.3 is 7.60 Å². The summed E-state index contributed by atoms with van der Waals surface area (Å²) in [6.07, 6.45) is 1.81. The Morgan fingerprint density at radius 2 is 2.38 bits per heavy atom. The summed E-state index contributed by atoms with van der Waals surface area (Å²) in [5, 5.41) is 0. The van der Waals surface area contributed by atoms with E-state index in [4.69, 9.17) is 4.89 Å². The van der Waals surface area contributed by atoms with Gasteiger partial charge in [0, 0.05) is 7.11 Å². The number of rotatable bonds is 3. The van der Waals surface area contributed by atoms with Crippen LogP contribution in [0, 0.1) is 6.16 Å². The molecule has 0 amide bonds. The maximum atomic E-state index is 10.5. The highest BCUT2D eigenvalue weighted by Gasteiger charge is 2.14. The average molecular weight is 137 g/mol. The average Bonchev–Trinajstić information content (AvgIpc) is 1.67. The second-order valence-electron chi connectivity index (χ2n) is 1.34. The van der Waals surface area contributed by atoms with Crippen molar-refractivity contribution in [2.24, 2.45) is 0 Å². The van der Waals surface area contributed by atoms with Gasteiger partial charge in [-0.2, -0.15) is 0 Å². The highest BCUT2D eigenvalue weighted by atomic mass is 31.2. The molecule has 0 aromatic heterocycles. The van der Waals surface area contributed by atoms with Gasteiger partial charge in [-0.25, -0.2) is 0 Å². The van der Waals surface area contributed by atoms with Crippen LogP contribution in [0.3, 0.4) is 0 Å². The fraction of sp³-hybridized carbons (Fsp3) is 0.750. The van der Waals surface area contributed by atoms with Crippen molar-refractivity contribution in [3.63, 3.8) is 0 Å². The quantitative estimate of drug-likeness (QED) is 0.598. The first-order valence-electron chi connectivity index (χ1n) is 2.35. The Bertz CT molecular complexity index is 101. The first-order valence-corrected chi connectivity index (χ1v) is 3.99. The van der Waals surface area contributed by atoms with Crippen molar-refractivity contribution < 1.29 is 14.0 Å². The van der Waals surface area contributed by atoms with Gasteiger partial charge in [-0.15, -0.1) is 0 Å². The lowest BCUT2D eigenvalue weighted by molar-refractivity contribution is 0.321. The van der Waals surface area contributed by atoms with Crippen molar-refractivity contribution in [1.29, 1.82) is 0 Å². The molecule has 1 N–H and O–H groups in total. The van der Waals surface area contributed by atoms with Crippen LogP contribution in [-0.4, -0.2) is 12.0 Å². The Labute approximate surface area is 49.2 Å². The van der Waals surface area contributed by atoms with Gasteiger partial charge in [-0.3, -0.25) is 4.57 Å². The lowest BCUT2D eigenvalue weighted by Crippen LogP contribution is -1.81. The van der Waals surface area contributed by atoms with Crippen molar-refractivity contribution in [3.05, 3.63) is 6.16 Å². The van der Waals surface area contributed by atoms with Crippen LogP contribution in [0.25, 0.3) is 0 Å². The standard InChI is InChI=1S/C4H10O3P/c1-3-4-8(5,6)7-2/h4H,3H2,1-2H3,(H,5,6). The van der Waals surface area contributed by atoms with Gasteiger partial charge in [0.05, 0.1) is 6.16 Å². The van der Waals surface area contributed by atoms with Crippen LogP contribution in [0.1, 0.15) is 13.3 Å². The maximum Gasteiger partial charge on any atom is 0.331 e. The third-order valence-corrected chi connectivity index (χ3v) is 2.02. The molecule has 8 heavy (non-hydrogen) atoms. The molecule has 0 aromatic carbocycles. The number of hydrogen-bond donors (Lipinski definition) is 1. The fourth-order valence-electron chi connectivity index (χ4n) is 0.305. The van der Waals surface area contributed by atoms with E-state index in [0.717, 1.165) is 0 Å². The van der Waals surface area contributed by atoms with E-state index in [9.17, 15) is 4.57 Å². The molecule has 1 unspecified atom stereocenters. The van der Waals surface area contributed by atoms with Crippen LogP contribution in [0.5, 0.6) is 0 Å². The molecule has 0 aromatic rings. The summed E-state index contributed by atoms with van der Waals surface area (Å²) in [4.78, 5) is 8.60. The van der Waals surface area contributed by atoms with E-state index in [1.165, 1.54) is 13.3 Å². The van der Waals surface area contributed by atoms with Crippen LogP contribution < -0.4 is 0 Å². The molecule has 0 rings (SSSR count). The first-order chi connectivity index (χ1) is 3.62. The second-order valence-corrected chi connectivity index (χ2v) is 3.20. The Morgan fingerprint density at radius 1 is 1.88 bits per heavy atom. The van der Waals surface area contributed by atoms with Crippen LogP contribution in [0.4, 0.5) is 0 Å². The molecule has 0 heterocycles. The van der Waals surface area contributed by atoms with E-state index in [1.807, 2.05) is 0 Å². The van der Waals surface area contributed by atoms with E-state index in [0.29, 0.717) is 6.42 Å². The lowest BCUT2D eigenvalue weighted by atomic mass is 10.6. The van der Waals surface area contributed by atoms with E-state index in [-0.39, 0.29) is 0 Å². The van der Waals surface area contributed by atoms with Crippen LogP contribution in [0.2, 0.25) is 0 Å². The Morgan fingerprint density at radius 3 is 2.50 bits per heavy atom. The summed E-state index contributed by atoms with van der Waals surface area (Å²) in [5.41, 5.74) is 0. The Balaban J connectivity index is 3.55. The summed E-state index contributed by atoms with van der Waals surface area (Å²) < 4.78 is 14.7. The molecule has 3 nitrogen and oxygen atoms in total. The summed E-state index contributed by atoms with van der Waals surface area (Å²) >= 11 is 0. The molecule has 0 saturated heterocycles. The van der Waals surface area contributed by atoms with E-state index < -0.39 is 7.60 Å². The molecule has 0 spiro atoms. The first kappa shape index (κ1) is 8.15. The van der Waals surface area contributed by atoms with Gasteiger partial charge in [-0.05, 0) is 6.42 Å². The monoisotopic (exact) mass is 137 g/mol. The predicted octanol–water partition coefficient (Wildman–Crippen LogP) is 1.39. The highest BCUT2D eigenvalue weighted by Crippen LogP contribution is 2.44. The van der Waals surface area contributed by atoms with Crippen molar-refractivity contribution in [3.8, 4) is 0 Å². The van der Waals surface area contributed by atoms with Crippen molar-refractivity contribution in [2.45, 2.75) is 13.3 Å². The molecular formula is C4H10O3P. The Hall–Kier alpha value is 0.150. The fourth-order valence-corrected chi connectivity index (χ4v) is 0.916. The molecular weight excluding hydrogens is 127 g/mol. The van der Waals surface area contributed by atoms with Crippen molar-refractivity contribution >= 4 is 7.60 Å². The molecule has 0 bridgehead atoms.